The Bertz CT molecular complexity index is 1460. The molecule has 1 N–H and O–H groups in total. The van der Waals surface area contributed by atoms with Crippen LogP contribution in [0.1, 0.15) is 11.1 Å². The van der Waals surface area contributed by atoms with E-state index in [1.807, 2.05) is 0 Å². The molecule has 3 aromatic carbocycles. The Hall–Kier alpha value is -4.58. The maximum absolute atomic E-state index is 13.3. The highest BCUT2D eigenvalue weighted by Gasteiger charge is 2.36. The lowest BCUT2D eigenvalue weighted by Crippen LogP contribution is -2.54. The lowest BCUT2D eigenvalue weighted by molar-refractivity contribution is -0.384. The van der Waals surface area contributed by atoms with Crippen molar-refractivity contribution >= 4 is 51.2 Å². The van der Waals surface area contributed by atoms with Crippen molar-refractivity contribution in [2.75, 3.05) is 12.0 Å². The highest BCUT2D eigenvalue weighted by atomic mass is 79.9. The van der Waals surface area contributed by atoms with E-state index in [1.165, 1.54) is 43.5 Å². The average Bonchev–Trinajstić information content (AvgIpc) is 2.86. The number of hydrogen-bond donors (Lipinski definition) is 1. The SMILES string of the molecule is COc1cc(/C=C2\C(=O)NC(=O)N(c3ccc(F)cc3)C2=O)cc(Br)c1OCc1cccc([N+](=O)[O-])c1. The molecule has 0 aromatic heterocycles. The standard InChI is InChI=1S/C25H17BrFN3O7/c1-36-21-12-15(11-20(26)22(21)37-13-14-3-2-4-18(9-14)30(34)35)10-19-23(31)28-25(33)29(24(19)32)17-7-5-16(27)6-8-17/h2-12H,13H2,1H3,(H,28,31,33)/b19-10+. The summed E-state index contributed by atoms with van der Waals surface area (Å²) in [5, 5.41) is 13.1. The Morgan fingerprint density at radius 2 is 1.84 bits per heavy atom. The van der Waals surface area contributed by atoms with Crippen LogP contribution in [-0.4, -0.2) is 29.9 Å². The average molecular weight is 570 g/mol. The Labute approximate surface area is 217 Å². The molecular weight excluding hydrogens is 553 g/mol. The first-order valence-electron chi connectivity index (χ1n) is 10.6. The Morgan fingerprint density at radius 1 is 1.11 bits per heavy atom. The van der Waals surface area contributed by atoms with Crippen molar-refractivity contribution in [2.45, 2.75) is 6.61 Å². The van der Waals surface area contributed by atoms with Crippen LogP contribution in [0, 0.1) is 15.9 Å². The maximum atomic E-state index is 13.3. The number of ether oxygens (including phenoxy) is 2. The van der Waals surface area contributed by atoms with Crippen molar-refractivity contribution in [3.63, 3.8) is 0 Å². The van der Waals surface area contributed by atoms with Crippen LogP contribution in [0.3, 0.4) is 0 Å². The highest BCUT2D eigenvalue weighted by Crippen LogP contribution is 2.38. The summed E-state index contributed by atoms with van der Waals surface area (Å²) < 4.78 is 24.9. The van der Waals surface area contributed by atoms with Gasteiger partial charge in [-0.2, -0.15) is 0 Å². The van der Waals surface area contributed by atoms with Gasteiger partial charge in [-0.15, -0.1) is 0 Å². The molecule has 0 radical (unpaired) electrons. The van der Waals surface area contributed by atoms with Crippen LogP contribution < -0.4 is 19.7 Å². The molecular formula is C25H17BrFN3O7. The molecule has 188 valence electrons. The van der Waals surface area contributed by atoms with Gasteiger partial charge in [-0.05, 0) is 69.5 Å². The number of non-ortho nitro benzene ring substituents is 1. The van der Waals surface area contributed by atoms with Gasteiger partial charge in [0.15, 0.2) is 11.5 Å². The summed E-state index contributed by atoms with van der Waals surface area (Å²) in [6, 6.07) is 12.8. The van der Waals surface area contributed by atoms with Gasteiger partial charge >= 0.3 is 6.03 Å². The molecule has 1 aliphatic rings. The van der Waals surface area contributed by atoms with Gasteiger partial charge in [0.1, 0.15) is 18.0 Å². The molecule has 0 atom stereocenters. The fraction of sp³-hybridized carbons (Fsp3) is 0.0800. The zero-order chi connectivity index (χ0) is 26.7. The minimum Gasteiger partial charge on any atom is -0.493 e. The van der Waals surface area contributed by atoms with Crippen LogP contribution in [0.2, 0.25) is 0 Å². The van der Waals surface area contributed by atoms with E-state index in [4.69, 9.17) is 9.47 Å². The van der Waals surface area contributed by atoms with E-state index in [0.29, 0.717) is 21.3 Å². The number of nitro benzene ring substituents is 1. The van der Waals surface area contributed by atoms with Gasteiger partial charge in [0, 0.05) is 12.1 Å². The number of halogens is 2. The van der Waals surface area contributed by atoms with Crippen LogP contribution in [0.25, 0.3) is 6.08 Å². The van der Waals surface area contributed by atoms with Crippen molar-refractivity contribution in [3.8, 4) is 11.5 Å². The predicted octanol–water partition coefficient (Wildman–Crippen LogP) is 4.75. The fourth-order valence-electron chi connectivity index (χ4n) is 3.53. The van der Waals surface area contributed by atoms with Gasteiger partial charge < -0.3 is 9.47 Å². The van der Waals surface area contributed by atoms with Crippen LogP contribution >= 0.6 is 15.9 Å². The number of benzene rings is 3. The minimum absolute atomic E-state index is 0.00666. The van der Waals surface area contributed by atoms with E-state index in [9.17, 15) is 28.9 Å². The maximum Gasteiger partial charge on any atom is 0.335 e. The lowest BCUT2D eigenvalue weighted by atomic mass is 10.1. The van der Waals surface area contributed by atoms with E-state index in [1.54, 1.807) is 18.2 Å². The van der Waals surface area contributed by atoms with Gasteiger partial charge in [0.05, 0.1) is 22.2 Å². The number of hydrogen-bond acceptors (Lipinski definition) is 7. The normalized spacial score (nSPS) is 14.5. The topological polar surface area (TPSA) is 128 Å². The van der Waals surface area contributed by atoms with Crippen LogP contribution in [0.5, 0.6) is 11.5 Å². The van der Waals surface area contributed by atoms with Crippen LogP contribution in [0.15, 0.2) is 70.7 Å². The predicted molar refractivity (Wildman–Crippen MR) is 134 cm³/mol. The van der Waals surface area contributed by atoms with Crippen molar-refractivity contribution < 1.29 is 33.2 Å². The van der Waals surface area contributed by atoms with E-state index < -0.39 is 28.6 Å². The number of amides is 4. The largest absolute Gasteiger partial charge is 0.493 e. The van der Waals surface area contributed by atoms with E-state index >= 15 is 0 Å². The van der Waals surface area contributed by atoms with Gasteiger partial charge in [-0.25, -0.2) is 14.1 Å². The Kier molecular flexibility index (Phi) is 7.30. The number of carbonyl (C=O) groups is 3. The van der Waals surface area contributed by atoms with Crippen molar-refractivity contribution in [1.82, 2.24) is 5.32 Å². The molecule has 4 amide bonds. The first-order valence-corrected chi connectivity index (χ1v) is 11.4. The molecule has 4 rings (SSSR count). The van der Waals surface area contributed by atoms with Gasteiger partial charge in [0.2, 0.25) is 0 Å². The quantitative estimate of drug-likeness (QED) is 0.188. The van der Waals surface area contributed by atoms with E-state index in [0.717, 1.165) is 17.0 Å². The third-order valence-corrected chi connectivity index (χ3v) is 5.84. The summed E-state index contributed by atoms with van der Waals surface area (Å²) in [4.78, 5) is 49.1. The molecule has 37 heavy (non-hydrogen) atoms. The summed E-state index contributed by atoms with van der Waals surface area (Å²) in [5.74, 6) is -1.79. The third-order valence-electron chi connectivity index (χ3n) is 5.25. The number of imide groups is 2. The summed E-state index contributed by atoms with van der Waals surface area (Å²) in [5.41, 5.74) is 0.620. The van der Waals surface area contributed by atoms with Gasteiger partial charge in [-0.3, -0.25) is 25.0 Å². The molecule has 1 heterocycles. The summed E-state index contributed by atoms with van der Waals surface area (Å²) in [7, 11) is 1.40. The molecule has 3 aromatic rings. The molecule has 0 saturated carbocycles. The Balaban J connectivity index is 1.62. The van der Waals surface area contributed by atoms with Gasteiger partial charge in [0.25, 0.3) is 17.5 Å². The summed E-state index contributed by atoms with van der Waals surface area (Å²) in [6.45, 7) is 0.00666. The second-order valence-corrected chi connectivity index (χ2v) is 8.54. The van der Waals surface area contributed by atoms with E-state index in [-0.39, 0.29) is 29.3 Å². The monoisotopic (exact) mass is 569 g/mol. The number of rotatable bonds is 7. The zero-order valence-corrected chi connectivity index (χ0v) is 20.7. The summed E-state index contributed by atoms with van der Waals surface area (Å²) >= 11 is 3.38. The molecule has 1 aliphatic heterocycles. The molecule has 12 heteroatoms. The summed E-state index contributed by atoms with van der Waals surface area (Å²) in [6.07, 6.45) is 1.28. The minimum atomic E-state index is -0.956. The van der Waals surface area contributed by atoms with Crippen LogP contribution in [-0.2, 0) is 16.2 Å². The second kappa shape index (κ2) is 10.6. The first kappa shape index (κ1) is 25.5. The second-order valence-electron chi connectivity index (χ2n) is 7.68. The molecule has 10 nitrogen and oxygen atoms in total. The molecule has 0 spiro atoms. The fourth-order valence-corrected chi connectivity index (χ4v) is 4.10. The van der Waals surface area contributed by atoms with Crippen molar-refractivity contribution in [1.29, 1.82) is 0 Å². The third kappa shape index (κ3) is 5.48. The van der Waals surface area contributed by atoms with Crippen LogP contribution in [0.4, 0.5) is 20.6 Å². The molecule has 0 aliphatic carbocycles. The van der Waals surface area contributed by atoms with Gasteiger partial charge in [-0.1, -0.05) is 12.1 Å². The number of methoxy groups -OCH3 is 1. The van der Waals surface area contributed by atoms with E-state index in [2.05, 4.69) is 21.2 Å². The number of nitrogens with zero attached hydrogens (tertiary/aromatic N) is 2. The molecule has 1 fully saturated rings. The number of nitro groups is 1. The smallest absolute Gasteiger partial charge is 0.335 e. The molecule has 1 saturated heterocycles. The molecule has 0 unspecified atom stereocenters. The van der Waals surface area contributed by atoms with Crippen molar-refractivity contribution in [2.24, 2.45) is 0 Å². The molecule has 0 bridgehead atoms. The van der Waals surface area contributed by atoms with Crippen molar-refractivity contribution in [3.05, 3.63) is 97.8 Å². The number of carbonyl (C=O) groups excluding carboxylic acids is 3. The zero-order valence-electron chi connectivity index (χ0n) is 19.1. The lowest BCUT2D eigenvalue weighted by Gasteiger charge is -2.26. The number of anilines is 1. The number of nitrogens with one attached hydrogen (secondary N) is 1. The number of barbiturate groups is 1. The highest BCUT2D eigenvalue weighted by molar-refractivity contribution is 9.10. The first-order chi connectivity index (χ1) is 17.7. The Morgan fingerprint density at radius 3 is 2.51 bits per heavy atom. The number of urea groups is 1.